The highest BCUT2D eigenvalue weighted by molar-refractivity contribution is 9.11. The van der Waals surface area contributed by atoms with Gasteiger partial charge in [-0.1, -0.05) is 40.7 Å². The first-order valence-electron chi connectivity index (χ1n) is 3.58. The topological polar surface area (TPSA) is 0 Å². The van der Waals surface area contributed by atoms with Crippen LogP contribution in [0.5, 0.6) is 0 Å². The average Bonchev–Trinajstić information content (AvgIpc) is 2.13. The summed E-state index contributed by atoms with van der Waals surface area (Å²) in [7, 11) is 0. The largest absolute Gasteiger partial charge is 0.122 e. The molecule has 0 unspecified atom stereocenters. The van der Waals surface area contributed by atoms with E-state index >= 15 is 0 Å². The Morgan fingerprint density at radius 3 is 2.31 bits per heavy atom. The molecule has 0 heterocycles. The molecule has 0 N–H and O–H groups in total. The normalized spacial score (nSPS) is 16.6. The van der Waals surface area contributed by atoms with Crippen molar-refractivity contribution >= 4 is 50.7 Å². The third kappa shape index (κ3) is 6.62. The van der Waals surface area contributed by atoms with E-state index in [-0.39, 0.29) is 10.8 Å². The fourth-order valence-corrected chi connectivity index (χ4v) is 1.46. The summed E-state index contributed by atoms with van der Waals surface area (Å²) in [5.41, 5.74) is 0.819. The zero-order chi connectivity index (χ0) is 10.3. The maximum Gasteiger partial charge on any atom is 0.0723 e. The molecule has 0 bridgehead atoms. The molecule has 74 valence electrons. The minimum Gasteiger partial charge on any atom is -0.122 e. The second kappa shape index (κ2) is 7.93. The molecule has 0 aliphatic rings. The fraction of sp³-hybridized carbons (Fsp3) is 0.333. The van der Waals surface area contributed by atoms with Crippen molar-refractivity contribution in [3.63, 3.8) is 0 Å². The molecule has 0 rings (SSSR count). The molecule has 0 fully saturated rings. The molecule has 0 nitrogen and oxygen atoms in total. The zero-order valence-corrected chi connectivity index (χ0v) is 10.7. The Labute approximate surface area is 102 Å². The number of halogens is 4. The van der Waals surface area contributed by atoms with Crippen molar-refractivity contribution in [3.05, 3.63) is 35.4 Å². The maximum absolute atomic E-state index is 5.94. The van der Waals surface area contributed by atoms with E-state index in [0.717, 1.165) is 5.57 Å². The van der Waals surface area contributed by atoms with Crippen molar-refractivity contribution in [3.8, 4) is 0 Å². The van der Waals surface area contributed by atoms with Crippen LogP contribution in [-0.2, 0) is 0 Å². The molecule has 2 atom stereocenters. The van der Waals surface area contributed by atoms with Gasteiger partial charge in [-0.3, -0.25) is 0 Å². The predicted molar refractivity (Wildman–Crippen MR) is 66.3 cm³/mol. The molecule has 0 aliphatic heterocycles. The van der Waals surface area contributed by atoms with Crippen molar-refractivity contribution in [2.24, 2.45) is 0 Å². The minimum atomic E-state index is -0.254. The lowest BCUT2D eigenvalue weighted by Crippen LogP contribution is -2.08. The summed E-state index contributed by atoms with van der Waals surface area (Å²) in [5.74, 6) is 0.404. The number of rotatable bonds is 5. The number of allylic oxidation sites excluding steroid dienone is 4. The summed E-state index contributed by atoms with van der Waals surface area (Å²) in [6.07, 6.45) is 5.31. The van der Waals surface area contributed by atoms with Crippen LogP contribution in [0, 0.1) is 0 Å². The first-order valence-corrected chi connectivity index (χ1v) is 5.91. The SMILES string of the molecule is C=C(/C=C/[C@@H](Cl)[C@H](Cl)/C=C/Br)CCl. The summed E-state index contributed by atoms with van der Waals surface area (Å²) in [6.45, 7) is 3.70. The Bertz CT molecular complexity index is 211. The summed E-state index contributed by atoms with van der Waals surface area (Å²) >= 11 is 20.5. The summed E-state index contributed by atoms with van der Waals surface area (Å²) in [5, 5.41) is -0.490. The third-order valence-electron chi connectivity index (χ3n) is 1.25. The maximum atomic E-state index is 5.94. The highest BCUT2D eigenvalue weighted by Crippen LogP contribution is 2.14. The Hall–Kier alpha value is 0.570. The Balaban J connectivity index is 4.05. The van der Waals surface area contributed by atoms with Gasteiger partial charge in [0.1, 0.15) is 0 Å². The number of alkyl halides is 3. The van der Waals surface area contributed by atoms with Crippen molar-refractivity contribution in [2.45, 2.75) is 10.8 Å². The van der Waals surface area contributed by atoms with Crippen molar-refractivity contribution in [1.82, 2.24) is 0 Å². The van der Waals surface area contributed by atoms with E-state index in [9.17, 15) is 0 Å². The second-order valence-corrected chi connectivity index (χ2v) is 4.16. The first-order chi connectivity index (χ1) is 6.11. The fourth-order valence-electron chi connectivity index (χ4n) is 0.554. The molecule has 4 heteroatoms. The van der Waals surface area contributed by atoms with Gasteiger partial charge in [0.25, 0.3) is 0 Å². The molecular formula is C9H10BrCl3. The molecule has 0 aromatic rings. The highest BCUT2D eigenvalue weighted by atomic mass is 79.9. The lowest BCUT2D eigenvalue weighted by molar-refractivity contribution is 1.07. The molecule has 13 heavy (non-hydrogen) atoms. The van der Waals surface area contributed by atoms with E-state index < -0.39 is 0 Å². The average molecular weight is 304 g/mol. The van der Waals surface area contributed by atoms with Crippen LogP contribution in [0.2, 0.25) is 0 Å². The Morgan fingerprint density at radius 1 is 1.31 bits per heavy atom. The van der Waals surface area contributed by atoms with Gasteiger partial charge >= 0.3 is 0 Å². The molecular weight excluding hydrogens is 294 g/mol. The summed E-state index contributed by atoms with van der Waals surface area (Å²) < 4.78 is 0. The van der Waals surface area contributed by atoms with Crippen LogP contribution < -0.4 is 0 Å². The van der Waals surface area contributed by atoms with Gasteiger partial charge in [-0.15, -0.1) is 34.8 Å². The monoisotopic (exact) mass is 302 g/mol. The molecule has 0 spiro atoms. The summed E-state index contributed by atoms with van der Waals surface area (Å²) in [6, 6.07) is 0. The van der Waals surface area contributed by atoms with Crippen LogP contribution in [0.25, 0.3) is 0 Å². The molecule has 0 radical (unpaired) electrons. The molecule has 0 aromatic heterocycles. The Morgan fingerprint density at radius 2 is 1.85 bits per heavy atom. The van der Waals surface area contributed by atoms with Crippen molar-refractivity contribution < 1.29 is 0 Å². The van der Waals surface area contributed by atoms with E-state index in [1.807, 2.05) is 0 Å². The second-order valence-electron chi connectivity index (χ2n) is 2.36. The molecule has 0 aromatic carbocycles. The molecule has 0 saturated heterocycles. The highest BCUT2D eigenvalue weighted by Gasteiger charge is 2.09. The Kier molecular flexibility index (Phi) is 8.27. The van der Waals surface area contributed by atoms with E-state index in [0.29, 0.717) is 5.88 Å². The standard InChI is InChI=1S/C9H10BrCl3/c1-7(6-11)2-3-8(12)9(13)4-5-10/h2-5,8-9H,1,6H2/b3-2+,5-4+/t8-,9-/m1/s1. The van der Waals surface area contributed by atoms with Gasteiger partial charge in [-0.05, 0) is 10.6 Å². The van der Waals surface area contributed by atoms with E-state index in [1.165, 1.54) is 0 Å². The van der Waals surface area contributed by atoms with Gasteiger partial charge in [0.15, 0.2) is 0 Å². The summed E-state index contributed by atoms with van der Waals surface area (Å²) in [4.78, 5) is 1.68. The predicted octanol–water partition coefficient (Wildman–Crippen LogP) is 4.46. The first kappa shape index (κ1) is 13.6. The van der Waals surface area contributed by atoms with Crippen LogP contribution in [0.15, 0.2) is 35.4 Å². The molecule has 0 amide bonds. The quantitative estimate of drug-likeness (QED) is 0.519. The smallest absolute Gasteiger partial charge is 0.0723 e. The van der Waals surface area contributed by atoms with Gasteiger partial charge < -0.3 is 0 Å². The van der Waals surface area contributed by atoms with Gasteiger partial charge in [0.2, 0.25) is 0 Å². The minimum absolute atomic E-state index is 0.236. The van der Waals surface area contributed by atoms with Crippen LogP contribution >= 0.6 is 50.7 Å². The van der Waals surface area contributed by atoms with Gasteiger partial charge in [0.05, 0.1) is 10.8 Å². The molecule has 0 saturated carbocycles. The van der Waals surface area contributed by atoms with E-state index in [2.05, 4.69) is 22.5 Å². The number of hydrogen-bond acceptors (Lipinski definition) is 0. The van der Waals surface area contributed by atoms with Crippen LogP contribution in [-0.4, -0.2) is 16.6 Å². The zero-order valence-electron chi connectivity index (χ0n) is 6.89. The number of hydrogen-bond donors (Lipinski definition) is 0. The molecule has 0 aliphatic carbocycles. The van der Waals surface area contributed by atoms with Crippen LogP contribution in [0.4, 0.5) is 0 Å². The van der Waals surface area contributed by atoms with E-state index in [4.69, 9.17) is 34.8 Å². The van der Waals surface area contributed by atoms with E-state index in [1.54, 1.807) is 23.2 Å². The lowest BCUT2D eigenvalue weighted by Gasteiger charge is -2.06. The van der Waals surface area contributed by atoms with Crippen LogP contribution in [0.3, 0.4) is 0 Å². The van der Waals surface area contributed by atoms with Gasteiger partial charge in [-0.2, -0.15) is 0 Å². The van der Waals surface area contributed by atoms with Crippen molar-refractivity contribution in [2.75, 3.05) is 5.88 Å². The lowest BCUT2D eigenvalue weighted by atomic mass is 10.2. The van der Waals surface area contributed by atoms with Crippen molar-refractivity contribution in [1.29, 1.82) is 0 Å². The van der Waals surface area contributed by atoms with Gasteiger partial charge in [-0.25, -0.2) is 0 Å². The van der Waals surface area contributed by atoms with Gasteiger partial charge in [0, 0.05) is 5.88 Å². The van der Waals surface area contributed by atoms with Crippen LogP contribution in [0.1, 0.15) is 0 Å². The third-order valence-corrected chi connectivity index (χ3v) is 2.86.